The van der Waals surface area contributed by atoms with Crippen molar-refractivity contribution in [1.29, 1.82) is 0 Å². The minimum atomic E-state index is -0.646. The number of rotatable bonds is 6. The van der Waals surface area contributed by atoms with Gasteiger partial charge in [-0.05, 0) is 29.7 Å². The van der Waals surface area contributed by atoms with Crippen LogP contribution in [-0.4, -0.2) is 17.2 Å². The number of carbonyl (C=O) groups excluding carboxylic acids is 1. The Hall–Kier alpha value is -2.17. The van der Waals surface area contributed by atoms with Crippen LogP contribution in [0, 0.1) is 0 Å². The van der Waals surface area contributed by atoms with Gasteiger partial charge < -0.3 is 5.11 Å². The van der Waals surface area contributed by atoms with Gasteiger partial charge in [0, 0.05) is 11.4 Å². The molecular formula is C17H17ClN2O2. The molecule has 0 spiro atoms. The summed E-state index contributed by atoms with van der Waals surface area (Å²) < 4.78 is 0. The fourth-order valence-corrected chi connectivity index (χ4v) is 2.02. The van der Waals surface area contributed by atoms with E-state index in [9.17, 15) is 9.90 Å². The summed E-state index contributed by atoms with van der Waals surface area (Å²) >= 11 is 5.78. The maximum atomic E-state index is 11.7. The number of nitrogens with zero attached hydrogens (tertiary/aromatic N) is 1. The quantitative estimate of drug-likeness (QED) is 0.634. The third-order valence-corrected chi connectivity index (χ3v) is 3.35. The van der Waals surface area contributed by atoms with Gasteiger partial charge in [-0.3, -0.25) is 4.79 Å². The van der Waals surface area contributed by atoms with Crippen LogP contribution in [0.25, 0.3) is 0 Å². The number of hydrogen-bond acceptors (Lipinski definition) is 3. The number of aliphatic hydroxyl groups excluding tert-OH is 1. The number of carbonyl (C=O) groups is 1. The lowest BCUT2D eigenvalue weighted by Crippen LogP contribution is -2.18. The van der Waals surface area contributed by atoms with Crippen molar-refractivity contribution in [2.24, 2.45) is 5.10 Å². The van der Waals surface area contributed by atoms with Gasteiger partial charge in [0.05, 0.1) is 12.3 Å². The Balaban J connectivity index is 1.75. The van der Waals surface area contributed by atoms with Crippen LogP contribution in [-0.2, 0) is 4.79 Å². The van der Waals surface area contributed by atoms with Gasteiger partial charge in [0.25, 0.3) is 0 Å². The summed E-state index contributed by atoms with van der Waals surface area (Å²) in [7, 11) is 0. The van der Waals surface area contributed by atoms with Crippen molar-refractivity contribution in [3.63, 3.8) is 0 Å². The molecular weight excluding hydrogens is 300 g/mol. The Morgan fingerprint density at radius 3 is 2.55 bits per heavy atom. The van der Waals surface area contributed by atoms with Gasteiger partial charge in [-0.1, -0.05) is 54.1 Å². The summed E-state index contributed by atoms with van der Waals surface area (Å²) in [4.78, 5) is 11.7. The summed E-state index contributed by atoms with van der Waals surface area (Å²) in [5.41, 5.74) is 4.09. The second-order valence-corrected chi connectivity index (χ2v) is 5.25. The third kappa shape index (κ3) is 5.31. The van der Waals surface area contributed by atoms with Crippen LogP contribution in [0.15, 0.2) is 59.7 Å². The number of amides is 1. The Morgan fingerprint density at radius 1 is 1.18 bits per heavy atom. The standard InChI is InChI=1S/C17H17ClN2O2/c18-15-8-6-13(7-9-15)12-19-20-17(22)11-10-16(21)14-4-2-1-3-5-14/h1-9,12,16,21H,10-11H2,(H,20,22)/b19-12-/t16-/m0/s1. The summed E-state index contributed by atoms with van der Waals surface area (Å²) in [5.74, 6) is -0.236. The molecule has 2 aromatic carbocycles. The lowest BCUT2D eigenvalue weighted by molar-refractivity contribution is -0.121. The van der Waals surface area contributed by atoms with Gasteiger partial charge in [0.15, 0.2) is 0 Å². The molecule has 2 N–H and O–H groups in total. The first-order valence-corrected chi connectivity index (χ1v) is 7.33. The van der Waals surface area contributed by atoms with Crippen LogP contribution in [0.2, 0.25) is 5.02 Å². The van der Waals surface area contributed by atoms with E-state index >= 15 is 0 Å². The van der Waals surface area contributed by atoms with Crippen molar-refractivity contribution >= 4 is 23.7 Å². The van der Waals surface area contributed by atoms with Crippen molar-refractivity contribution in [3.8, 4) is 0 Å². The molecule has 0 heterocycles. The number of nitrogens with one attached hydrogen (secondary N) is 1. The molecule has 0 saturated carbocycles. The van der Waals surface area contributed by atoms with Crippen LogP contribution in [0.3, 0.4) is 0 Å². The monoisotopic (exact) mass is 316 g/mol. The zero-order valence-corrected chi connectivity index (χ0v) is 12.7. The van der Waals surface area contributed by atoms with Crippen LogP contribution in [0.4, 0.5) is 0 Å². The lowest BCUT2D eigenvalue weighted by Gasteiger charge is -2.09. The molecule has 0 unspecified atom stereocenters. The highest BCUT2D eigenvalue weighted by Gasteiger charge is 2.09. The highest BCUT2D eigenvalue weighted by atomic mass is 35.5. The molecule has 5 heteroatoms. The Labute approximate surface area is 134 Å². The van der Waals surface area contributed by atoms with Crippen molar-refractivity contribution in [3.05, 3.63) is 70.7 Å². The molecule has 0 aliphatic carbocycles. The van der Waals surface area contributed by atoms with Gasteiger partial charge in [-0.2, -0.15) is 5.10 Å². The van der Waals surface area contributed by atoms with E-state index < -0.39 is 6.10 Å². The zero-order chi connectivity index (χ0) is 15.8. The number of aliphatic hydroxyl groups is 1. The van der Waals surface area contributed by atoms with E-state index in [-0.39, 0.29) is 12.3 Å². The summed E-state index contributed by atoms with van der Waals surface area (Å²) in [6, 6.07) is 16.4. The molecule has 0 aliphatic rings. The maximum absolute atomic E-state index is 11.7. The molecule has 2 rings (SSSR count). The Bertz CT molecular complexity index is 627. The van der Waals surface area contributed by atoms with E-state index in [0.717, 1.165) is 11.1 Å². The summed E-state index contributed by atoms with van der Waals surface area (Å²) in [6.45, 7) is 0. The first-order chi connectivity index (χ1) is 10.6. The van der Waals surface area contributed by atoms with E-state index in [1.54, 1.807) is 30.5 Å². The van der Waals surface area contributed by atoms with E-state index in [0.29, 0.717) is 11.4 Å². The second kappa shape index (κ2) is 8.32. The molecule has 0 fully saturated rings. The normalized spacial score (nSPS) is 12.3. The summed E-state index contributed by atoms with van der Waals surface area (Å²) in [5, 5.41) is 14.5. The highest BCUT2D eigenvalue weighted by Crippen LogP contribution is 2.17. The van der Waals surface area contributed by atoms with Crippen molar-refractivity contribution in [2.45, 2.75) is 18.9 Å². The van der Waals surface area contributed by atoms with Gasteiger partial charge in [-0.25, -0.2) is 5.43 Å². The largest absolute Gasteiger partial charge is 0.388 e. The predicted molar refractivity (Wildman–Crippen MR) is 87.8 cm³/mol. The molecule has 0 saturated heterocycles. The SMILES string of the molecule is O=C(CC[C@H](O)c1ccccc1)N/N=C\c1ccc(Cl)cc1. The molecule has 1 atom stereocenters. The van der Waals surface area contributed by atoms with E-state index in [4.69, 9.17) is 11.6 Å². The first kappa shape index (κ1) is 16.2. The van der Waals surface area contributed by atoms with Crippen LogP contribution >= 0.6 is 11.6 Å². The molecule has 1 amide bonds. The molecule has 0 aliphatic heterocycles. The Kier molecular flexibility index (Phi) is 6.13. The second-order valence-electron chi connectivity index (χ2n) is 4.81. The number of benzene rings is 2. The lowest BCUT2D eigenvalue weighted by atomic mass is 10.1. The molecule has 2 aromatic rings. The van der Waals surface area contributed by atoms with Gasteiger partial charge in [-0.15, -0.1) is 0 Å². The average molecular weight is 317 g/mol. The fraction of sp³-hybridized carbons (Fsp3) is 0.176. The number of hydrogen-bond donors (Lipinski definition) is 2. The van der Waals surface area contributed by atoms with Crippen LogP contribution in [0.1, 0.15) is 30.1 Å². The predicted octanol–water partition coefficient (Wildman–Crippen LogP) is 3.30. The number of hydrazone groups is 1. The topological polar surface area (TPSA) is 61.7 Å². The highest BCUT2D eigenvalue weighted by molar-refractivity contribution is 6.30. The van der Waals surface area contributed by atoms with E-state index in [2.05, 4.69) is 10.5 Å². The summed E-state index contributed by atoms with van der Waals surface area (Å²) in [6.07, 6.45) is 1.45. The van der Waals surface area contributed by atoms with E-state index in [1.165, 1.54) is 0 Å². The van der Waals surface area contributed by atoms with Crippen molar-refractivity contribution in [2.75, 3.05) is 0 Å². The minimum absolute atomic E-state index is 0.202. The van der Waals surface area contributed by atoms with Gasteiger partial charge in [0.1, 0.15) is 0 Å². The molecule has 4 nitrogen and oxygen atoms in total. The third-order valence-electron chi connectivity index (χ3n) is 3.10. The molecule has 0 radical (unpaired) electrons. The first-order valence-electron chi connectivity index (χ1n) is 6.95. The van der Waals surface area contributed by atoms with Gasteiger partial charge in [0.2, 0.25) is 5.91 Å². The van der Waals surface area contributed by atoms with Gasteiger partial charge >= 0.3 is 0 Å². The smallest absolute Gasteiger partial charge is 0.240 e. The van der Waals surface area contributed by atoms with E-state index in [1.807, 2.05) is 30.3 Å². The molecule has 0 aromatic heterocycles. The molecule has 0 bridgehead atoms. The number of halogens is 1. The average Bonchev–Trinajstić information content (AvgIpc) is 2.55. The fourth-order valence-electron chi connectivity index (χ4n) is 1.89. The maximum Gasteiger partial charge on any atom is 0.240 e. The van der Waals surface area contributed by atoms with Crippen LogP contribution < -0.4 is 5.43 Å². The molecule has 114 valence electrons. The van der Waals surface area contributed by atoms with Crippen molar-refractivity contribution in [1.82, 2.24) is 5.43 Å². The molecule has 22 heavy (non-hydrogen) atoms. The van der Waals surface area contributed by atoms with Crippen LogP contribution in [0.5, 0.6) is 0 Å². The minimum Gasteiger partial charge on any atom is -0.388 e. The Morgan fingerprint density at radius 2 is 1.86 bits per heavy atom. The van der Waals surface area contributed by atoms with Crippen molar-refractivity contribution < 1.29 is 9.90 Å². The zero-order valence-electron chi connectivity index (χ0n) is 11.9.